The van der Waals surface area contributed by atoms with Crippen LogP contribution in [0, 0.1) is 11.6 Å². The number of aromatic carboxylic acids is 1. The Kier molecular flexibility index (Phi) is 3.62. The Balaban J connectivity index is 2.35. The molecule has 0 spiro atoms. The van der Waals surface area contributed by atoms with E-state index in [4.69, 9.17) is 21.4 Å². The largest absolute Gasteiger partial charge is 0.478 e. The van der Waals surface area contributed by atoms with Crippen molar-refractivity contribution in [2.75, 3.05) is 0 Å². The van der Waals surface area contributed by atoms with Crippen molar-refractivity contribution in [1.82, 2.24) is 4.98 Å². The van der Waals surface area contributed by atoms with Gasteiger partial charge in [0.2, 0.25) is 5.88 Å². The van der Waals surface area contributed by atoms with Gasteiger partial charge in [-0.1, -0.05) is 11.6 Å². The van der Waals surface area contributed by atoms with Gasteiger partial charge in [-0.15, -0.1) is 0 Å². The molecule has 1 aromatic carbocycles. The third kappa shape index (κ3) is 3.17. The van der Waals surface area contributed by atoms with Crippen LogP contribution in [-0.4, -0.2) is 16.1 Å². The summed E-state index contributed by atoms with van der Waals surface area (Å²) >= 11 is 5.62. The second-order valence-electron chi connectivity index (χ2n) is 3.50. The number of hydrogen-bond donors (Lipinski definition) is 1. The normalized spacial score (nSPS) is 10.3. The van der Waals surface area contributed by atoms with Gasteiger partial charge in [-0.3, -0.25) is 0 Å². The van der Waals surface area contributed by atoms with Gasteiger partial charge in [0.05, 0.1) is 5.56 Å². The molecule has 1 heterocycles. The number of nitrogens with zero attached hydrogens (tertiary/aromatic N) is 1. The van der Waals surface area contributed by atoms with Crippen LogP contribution >= 0.6 is 11.6 Å². The SMILES string of the molecule is O=C(O)c1cc(Cl)nc(Oc2ccc(F)cc2F)c1. The van der Waals surface area contributed by atoms with E-state index >= 15 is 0 Å². The molecule has 19 heavy (non-hydrogen) atoms. The number of aromatic nitrogens is 1. The van der Waals surface area contributed by atoms with Gasteiger partial charge in [0.1, 0.15) is 11.0 Å². The average molecular weight is 286 g/mol. The van der Waals surface area contributed by atoms with Crippen LogP contribution in [0.5, 0.6) is 11.6 Å². The molecule has 4 nitrogen and oxygen atoms in total. The fourth-order valence-electron chi connectivity index (χ4n) is 1.32. The molecule has 1 aromatic heterocycles. The third-order valence-corrected chi connectivity index (χ3v) is 2.32. The lowest BCUT2D eigenvalue weighted by atomic mass is 10.3. The fourth-order valence-corrected chi connectivity index (χ4v) is 1.52. The fraction of sp³-hybridized carbons (Fsp3) is 0. The molecule has 0 aliphatic heterocycles. The van der Waals surface area contributed by atoms with Crippen LogP contribution in [-0.2, 0) is 0 Å². The van der Waals surface area contributed by atoms with Gasteiger partial charge < -0.3 is 9.84 Å². The molecular weight excluding hydrogens is 280 g/mol. The Morgan fingerprint density at radius 2 is 2.00 bits per heavy atom. The van der Waals surface area contributed by atoms with E-state index in [9.17, 15) is 13.6 Å². The quantitative estimate of drug-likeness (QED) is 0.877. The van der Waals surface area contributed by atoms with Crippen molar-refractivity contribution < 1.29 is 23.4 Å². The molecule has 98 valence electrons. The third-order valence-electron chi connectivity index (χ3n) is 2.13. The first-order chi connectivity index (χ1) is 8.95. The van der Waals surface area contributed by atoms with Gasteiger partial charge in [-0.2, -0.15) is 0 Å². The van der Waals surface area contributed by atoms with E-state index in [1.807, 2.05) is 0 Å². The van der Waals surface area contributed by atoms with E-state index in [-0.39, 0.29) is 22.3 Å². The minimum absolute atomic E-state index is 0.114. The number of carbonyl (C=O) groups is 1. The highest BCUT2D eigenvalue weighted by Gasteiger charge is 2.11. The minimum Gasteiger partial charge on any atom is -0.478 e. The van der Waals surface area contributed by atoms with Gasteiger partial charge in [0.25, 0.3) is 0 Å². The molecule has 0 fully saturated rings. The first-order valence-corrected chi connectivity index (χ1v) is 5.37. The molecule has 0 bridgehead atoms. The molecule has 0 atom stereocenters. The standard InChI is InChI=1S/C12H6ClF2NO3/c13-10-3-6(12(17)18)4-11(16-10)19-9-2-1-7(14)5-8(9)15/h1-5H,(H,17,18). The Hall–Kier alpha value is -2.21. The van der Waals surface area contributed by atoms with Gasteiger partial charge in [0, 0.05) is 12.1 Å². The number of carboxylic acids is 1. The van der Waals surface area contributed by atoms with E-state index in [2.05, 4.69) is 4.98 Å². The van der Waals surface area contributed by atoms with Crippen molar-refractivity contribution in [3.63, 3.8) is 0 Å². The molecule has 2 aromatic rings. The first-order valence-electron chi connectivity index (χ1n) is 4.99. The molecular formula is C12H6ClF2NO3. The predicted molar refractivity (Wildman–Crippen MR) is 62.6 cm³/mol. The Morgan fingerprint density at radius 1 is 1.26 bits per heavy atom. The van der Waals surface area contributed by atoms with Crippen LogP contribution in [0.15, 0.2) is 30.3 Å². The highest BCUT2D eigenvalue weighted by Crippen LogP contribution is 2.25. The predicted octanol–water partition coefficient (Wildman–Crippen LogP) is 3.50. The number of halogens is 3. The number of carboxylic acid groups (broad SMARTS) is 1. The maximum Gasteiger partial charge on any atom is 0.335 e. The number of pyridine rings is 1. The van der Waals surface area contributed by atoms with Crippen molar-refractivity contribution in [3.8, 4) is 11.6 Å². The van der Waals surface area contributed by atoms with Crippen LogP contribution in [0.3, 0.4) is 0 Å². The lowest BCUT2D eigenvalue weighted by Gasteiger charge is -2.07. The summed E-state index contributed by atoms with van der Waals surface area (Å²) in [5.41, 5.74) is -0.155. The van der Waals surface area contributed by atoms with E-state index in [0.717, 1.165) is 24.3 Å². The first kappa shape index (κ1) is 13.2. The average Bonchev–Trinajstić information content (AvgIpc) is 2.32. The molecule has 1 N–H and O–H groups in total. The van der Waals surface area contributed by atoms with Gasteiger partial charge in [-0.05, 0) is 18.2 Å². The number of hydrogen-bond acceptors (Lipinski definition) is 3. The van der Waals surface area contributed by atoms with Crippen LogP contribution in [0.2, 0.25) is 5.15 Å². The summed E-state index contributed by atoms with van der Waals surface area (Å²) in [5, 5.41) is 8.71. The van der Waals surface area contributed by atoms with Gasteiger partial charge in [-0.25, -0.2) is 18.6 Å². The van der Waals surface area contributed by atoms with Crippen LogP contribution in [0.25, 0.3) is 0 Å². The summed E-state index contributed by atoms with van der Waals surface area (Å²) in [6, 6.07) is 4.90. The monoisotopic (exact) mass is 285 g/mol. The molecule has 0 aliphatic rings. The zero-order valence-electron chi connectivity index (χ0n) is 9.23. The van der Waals surface area contributed by atoms with Crippen molar-refractivity contribution in [2.45, 2.75) is 0 Å². The van der Waals surface area contributed by atoms with Crippen molar-refractivity contribution in [2.24, 2.45) is 0 Å². The smallest absolute Gasteiger partial charge is 0.335 e. The summed E-state index contributed by atoms with van der Waals surface area (Å²) in [6.07, 6.45) is 0. The Bertz CT molecular complexity index is 649. The van der Waals surface area contributed by atoms with Gasteiger partial charge in [0.15, 0.2) is 11.6 Å². The van der Waals surface area contributed by atoms with Gasteiger partial charge >= 0.3 is 5.97 Å². The summed E-state index contributed by atoms with van der Waals surface area (Å²) in [7, 11) is 0. The summed E-state index contributed by atoms with van der Waals surface area (Å²) in [6.45, 7) is 0. The van der Waals surface area contributed by atoms with Crippen LogP contribution in [0.1, 0.15) is 10.4 Å². The summed E-state index contributed by atoms with van der Waals surface area (Å²) < 4.78 is 31.1. The maximum atomic E-state index is 13.4. The molecule has 0 radical (unpaired) electrons. The van der Waals surface area contributed by atoms with E-state index in [1.54, 1.807) is 0 Å². The molecule has 0 saturated heterocycles. The Morgan fingerprint density at radius 3 is 2.63 bits per heavy atom. The molecule has 0 aliphatic carbocycles. The number of ether oxygens (including phenoxy) is 1. The molecule has 2 rings (SSSR count). The molecule has 0 unspecified atom stereocenters. The highest BCUT2D eigenvalue weighted by atomic mass is 35.5. The maximum absolute atomic E-state index is 13.4. The second kappa shape index (κ2) is 5.19. The minimum atomic E-state index is -1.23. The van der Waals surface area contributed by atoms with Crippen molar-refractivity contribution >= 4 is 17.6 Å². The number of benzene rings is 1. The summed E-state index contributed by atoms with van der Waals surface area (Å²) in [4.78, 5) is 14.5. The van der Waals surface area contributed by atoms with Crippen LogP contribution < -0.4 is 4.74 Å². The highest BCUT2D eigenvalue weighted by molar-refractivity contribution is 6.29. The second-order valence-corrected chi connectivity index (χ2v) is 3.89. The van der Waals surface area contributed by atoms with E-state index in [0.29, 0.717) is 6.07 Å². The van der Waals surface area contributed by atoms with Crippen molar-refractivity contribution in [3.05, 3.63) is 52.7 Å². The zero-order valence-corrected chi connectivity index (χ0v) is 9.99. The molecule has 0 saturated carbocycles. The molecule has 7 heteroatoms. The lowest BCUT2D eigenvalue weighted by Crippen LogP contribution is -1.99. The van der Waals surface area contributed by atoms with E-state index < -0.39 is 17.6 Å². The topological polar surface area (TPSA) is 59.4 Å². The Labute approximate surface area is 111 Å². The lowest BCUT2D eigenvalue weighted by molar-refractivity contribution is 0.0696. The molecule has 0 amide bonds. The summed E-state index contributed by atoms with van der Waals surface area (Å²) in [5.74, 6) is -3.40. The van der Waals surface area contributed by atoms with Crippen LogP contribution in [0.4, 0.5) is 8.78 Å². The zero-order chi connectivity index (χ0) is 14.0. The number of rotatable bonds is 3. The van der Waals surface area contributed by atoms with E-state index in [1.165, 1.54) is 0 Å². The van der Waals surface area contributed by atoms with Crippen molar-refractivity contribution in [1.29, 1.82) is 0 Å².